The monoisotopic (exact) mass is 452 g/mol. The molecule has 0 spiro atoms. The molecule has 1 aliphatic rings. The second-order valence-electron chi connectivity index (χ2n) is 8.41. The molecule has 0 saturated heterocycles. The van der Waals surface area contributed by atoms with Gasteiger partial charge < -0.3 is 4.98 Å². The van der Waals surface area contributed by atoms with Crippen LogP contribution in [0.25, 0.3) is 15.9 Å². The second kappa shape index (κ2) is 7.87. The summed E-state index contributed by atoms with van der Waals surface area (Å²) >= 11 is 3.17. The molecule has 2 unspecified atom stereocenters. The van der Waals surface area contributed by atoms with Gasteiger partial charge in [0.25, 0.3) is 5.56 Å². The van der Waals surface area contributed by atoms with Gasteiger partial charge in [0.15, 0.2) is 0 Å². The first kappa shape index (κ1) is 20.4. The number of thiophene rings is 1. The van der Waals surface area contributed by atoms with Crippen LogP contribution in [0, 0.1) is 19.8 Å². The summed E-state index contributed by atoms with van der Waals surface area (Å²) in [6, 6.07) is 6.21. The van der Waals surface area contributed by atoms with Crippen LogP contribution < -0.4 is 5.56 Å². The van der Waals surface area contributed by atoms with Gasteiger partial charge in [-0.25, -0.2) is 4.98 Å². The van der Waals surface area contributed by atoms with E-state index in [9.17, 15) is 4.79 Å². The van der Waals surface area contributed by atoms with E-state index in [1.807, 2.05) is 20.8 Å². The standard InChI is InChI=1S/C22H24N6OS2/c1-11-5-7-13(3)16(9-11)28-22(25-26-27-28)30-14(4)19-23-20(29)18-15-8-6-12(2)10-17(15)31-21(18)24-19/h5,7,9,12,14H,6,8,10H2,1-4H3,(H,23,24,29). The summed E-state index contributed by atoms with van der Waals surface area (Å²) in [5, 5.41) is 13.7. The summed E-state index contributed by atoms with van der Waals surface area (Å²) in [7, 11) is 0. The van der Waals surface area contributed by atoms with E-state index in [1.54, 1.807) is 16.0 Å². The van der Waals surface area contributed by atoms with Crippen LogP contribution in [0.15, 0.2) is 28.2 Å². The van der Waals surface area contributed by atoms with Crippen molar-refractivity contribution in [3.63, 3.8) is 0 Å². The first-order valence-corrected chi connectivity index (χ1v) is 12.2. The fourth-order valence-electron chi connectivity index (χ4n) is 4.12. The van der Waals surface area contributed by atoms with Gasteiger partial charge in [0.2, 0.25) is 5.16 Å². The number of aryl methyl sites for hydroxylation is 3. The van der Waals surface area contributed by atoms with Gasteiger partial charge in [0.05, 0.1) is 16.3 Å². The lowest BCUT2D eigenvalue weighted by atomic mass is 9.89. The molecule has 0 radical (unpaired) electrons. The number of nitrogens with one attached hydrogen (secondary N) is 1. The number of nitrogens with zero attached hydrogens (tertiary/aromatic N) is 5. The van der Waals surface area contributed by atoms with E-state index in [0.29, 0.717) is 16.9 Å². The van der Waals surface area contributed by atoms with E-state index >= 15 is 0 Å². The topological polar surface area (TPSA) is 89.3 Å². The molecule has 160 valence electrons. The molecule has 0 amide bonds. The third kappa shape index (κ3) is 3.70. The van der Waals surface area contributed by atoms with E-state index in [2.05, 4.69) is 45.6 Å². The van der Waals surface area contributed by atoms with Crippen LogP contribution in [0.2, 0.25) is 0 Å². The molecule has 4 aromatic rings. The van der Waals surface area contributed by atoms with Crippen LogP contribution in [-0.2, 0) is 12.8 Å². The molecule has 31 heavy (non-hydrogen) atoms. The Kier molecular flexibility index (Phi) is 5.18. The molecule has 2 atom stereocenters. The van der Waals surface area contributed by atoms with Crippen LogP contribution in [-0.4, -0.2) is 30.2 Å². The Morgan fingerprint density at radius 3 is 3.00 bits per heavy atom. The quantitative estimate of drug-likeness (QED) is 0.457. The van der Waals surface area contributed by atoms with Crippen molar-refractivity contribution in [3.05, 3.63) is 55.9 Å². The van der Waals surface area contributed by atoms with E-state index in [-0.39, 0.29) is 10.8 Å². The molecule has 1 aromatic carbocycles. The van der Waals surface area contributed by atoms with Gasteiger partial charge in [-0.3, -0.25) is 4.79 Å². The van der Waals surface area contributed by atoms with Crippen molar-refractivity contribution in [1.82, 2.24) is 30.2 Å². The van der Waals surface area contributed by atoms with E-state index in [4.69, 9.17) is 4.98 Å². The van der Waals surface area contributed by atoms with Crippen LogP contribution >= 0.6 is 23.1 Å². The molecular formula is C22H24N6OS2. The fourth-order valence-corrected chi connectivity index (χ4v) is 6.37. The molecule has 1 aliphatic carbocycles. The number of H-pyrrole nitrogens is 1. The van der Waals surface area contributed by atoms with Gasteiger partial charge >= 0.3 is 0 Å². The van der Waals surface area contributed by atoms with Crippen LogP contribution in [0.1, 0.15) is 52.9 Å². The Morgan fingerprint density at radius 2 is 2.16 bits per heavy atom. The Bertz CT molecular complexity index is 1340. The zero-order chi connectivity index (χ0) is 21.7. The number of benzene rings is 1. The zero-order valence-corrected chi connectivity index (χ0v) is 19.6. The van der Waals surface area contributed by atoms with Crippen LogP contribution in [0.5, 0.6) is 0 Å². The zero-order valence-electron chi connectivity index (χ0n) is 18.0. The average molecular weight is 453 g/mol. The molecule has 7 nitrogen and oxygen atoms in total. The average Bonchev–Trinajstić information content (AvgIpc) is 3.33. The lowest BCUT2D eigenvalue weighted by Crippen LogP contribution is -2.15. The highest BCUT2D eigenvalue weighted by atomic mass is 32.2. The Balaban J connectivity index is 1.48. The lowest BCUT2D eigenvalue weighted by molar-refractivity contribution is 0.509. The third-order valence-electron chi connectivity index (χ3n) is 5.88. The smallest absolute Gasteiger partial charge is 0.259 e. The summed E-state index contributed by atoms with van der Waals surface area (Å²) < 4.78 is 1.76. The Morgan fingerprint density at radius 1 is 1.32 bits per heavy atom. The maximum absolute atomic E-state index is 12.9. The molecule has 0 bridgehead atoms. The maximum Gasteiger partial charge on any atom is 0.259 e. The first-order valence-electron chi connectivity index (χ1n) is 10.5. The summed E-state index contributed by atoms with van der Waals surface area (Å²) in [5.74, 6) is 1.32. The predicted octanol–water partition coefficient (Wildman–Crippen LogP) is 4.56. The van der Waals surface area contributed by atoms with Gasteiger partial charge in [0, 0.05) is 4.88 Å². The van der Waals surface area contributed by atoms with E-state index < -0.39 is 0 Å². The van der Waals surface area contributed by atoms with E-state index in [0.717, 1.165) is 46.3 Å². The van der Waals surface area contributed by atoms with Crippen molar-refractivity contribution in [3.8, 4) is 5.69 Å². The van der Waals surface area contributed by atoms with Gasteiger partial charge in [-0.15, -0.1) is 16.4 Å². The predicted molar refractivity (Wildman–Crippen MR) is 124 cm³/mol. The largest absolute Gasteiger partial charge is 0.309 e. The van der Waals surface area contributed by atoms with Crippen molar-refractivity contribution in [2.24, 2.45) is 5.92 Å². The number of tetrazole rings is 1. The minimum Gasteiger partial charge on any atom is -0.309 e. The van der Waals surface area contributed by atoms with Crippen LogP contribution in [0.4, 0.5) is 0 Å². The highest BCUT2D eigenvalue weighted by Crippen LogP contribution is 2.37. The lowest BCUT2D eigenvalue weighted by Gasteiger charge is -2.17. The summed E-state index contributed by atoms with van der Waals surface area (Å²) in [6.45, 7) is 8.39. The van der Waals surface area contributed by atoms with Gasteiger partial charge in [-0.2, -0.15) is 4.68 Å². The number of thioether (sulfide) groups is 1. The minimum atomic E-state index is -0.106. The number of aromatic nitrogens is 6. The van der Waals surface area contributed by atoms with Gasteiger partial charge in [-0.05, 0) is 79.1 Å². The van der Waals surface area contributed by atoms with Crippen molar-refractivity contribution < 1.29 is 0 Å². The van der Waals surface area contributed by atoms with E-state index in [1.165, 1.54) is 22.2 Å². The molecule has 5 rings (SSSR count). The molecule has 9 heteroatoms. The summed E-state index contributed by atoms with van der Waals surface area (Å²) in [4.78, 5) is 23.0. The van der Waals surface area contributed by atoms with Crippen molar-refractivity contribution >= 4 is 33.3 Å². The molecule has 0 saturated carbocycles. The minimum absolute atomic E-state index is 0.0337. The maximum atomic E-state index is 12.9. The normalized spacial score (nSPS) is 17.1. The Labute approximate surface area is 188 Å². The molecule has 0 fully saturated rings. The summed E-state index contributed by atoms with van der Waals surface area (Å²) in [5.41, 5.74) is 4.37. The van der Waals surface area contributed by atoms with Gasteiger partial charge in [-0.1, -0.05) is 30.8 Å². The van der Waals surface area contributed by atoms with Crippen molar-refractivity contribution in [2.75, 3.05) is 0 Å². The molecule has 3 aromatic heterocycles. The molecule has 1 N–H and O–H groups in total. The van der Waals surface area contributed by atoms with Gasteiger partial charge in [0.1, 0.15) is 10.7 Å². The molecule has 0 aliphatic heterocycles. The highest BCUT2D eigenvalue weighted by Gasteiger charge is 2.24. The third-order valence-corrected chi connectivity index (χ3v) is 8.08. The number of fused-ring (bicyclic) bond motifs is 3. The number of hydrogen-bond donors (Lipinski definition) is 1. The summed E-state index contributed by atoms with van der Waals surface area (Å²) in [6.07, 6.45) is 3.14. The Hall–Kier alpha value is -2.52. The number of hydrogen-bond acceptors (Lipinski definition) is 7. The highest BCUT2D eigenvalue weighted by molar-refractivity contribution is 7.99. The second-order valence-corrected chi connectivity index (χ2v) is 10.8. The fraction of sp³-hybridized carbons (Fsp3) is 0.409. The number of rotatable bonds is 4. The van der Waals surface area contributed by atoms with Crippen LogP contribution in [0.3, 0.4) is 0 Å². The van der Waals surface area contributed by atoms with Crippen molar-refractivity contribution in [1.29, 1.82) is 0 Å². The number of aromatic amines is 1. The SMILES string of the molecule is Cc1ccc(C)c(-n2nnnc2SC(C)c2nc3sc4c(c3c(=O)[nH]2)CCC(C)C4)c1. The first-order chi connectivity index (χ1) is 14.9. The molecular weight excluding hydrogens is 428 g/mol. The van der Waals surface area contributed by atoms with Crippen molar-refractivity contribution in [2.45, 2.75) is 57.4 Å². The molecule has 3 heterocycles.